The van der Waals surface area contributed by atoms with E-state index in [4.69, 9.17) is 5.73 Å². The van der Waals surface area contributed by atoms with E-state index in [-0.39, 0.29) is 0 Å². The van der Waals surface area contributed by atoms with E-state index in [1.807, 2.05) is 0 Å². The number of hydrogen-bond acceptors (Lipinski definition) is 4. The van der Waals surface area contributed by atoms with Gasteiger partial charge in [0.1, 0.15) is 0 Å². The maximum atomic E-state index is 13.0. The second kappa shape index (κ2) is 6.72. The Morgan fingerprint density at radius 1 is 1.29 bits per heavy atom. The van der Waals surface area contributed by atoms with Crippen LogP contribution < -0.4 is 16.4 Å². The zero-order valence-corrected chi connectivity index (χ0v) is 13.1. The molecule has 2 amide bonds. The van der Waals surface area contributed by atoms with E-state index in [0.29, 0.717) is 6.07 Å². The zero-order chi connectivity index (χ0) is 18.7. The first-order chi connectivity index (χ1) is 10.8. The van der Waals surface area contributed by atoms with Crippen molar-refractivity contribution in [2.75, 3.05) is 0 Å². The second-order valence-electron chi connectivity index (χ2n) is 5.78. The number of hydrogen-bond donors (Lipinski definition) is 3. The van der Waals surface area contributed by atoms with Crippen LogP contribution in [0.5, 0.6) is 0 Å². The van der Waals surface area contributed by atoms with Crippen molar-refractivity contribution in [2.45, 2.75) is 32.5 Å². The van der Waals surface area contributed by atoms with Crippen LogP contribution in [0.2, 0.25) is 0 Å². The number of benzene rings is 1. The molecule has 11 heteroatoms. The monoisotopic (exact) mass is 347 g/mol. The highest BCUT2D eigenvalue weighted by molar-refractivity contribution is 5.96. The normalized spacial score (nSPS) is 12.7. The molecular weight excluding hydrogens is 331 g/mol. The third-order valence-corrected chi connectivity index (χ3v) is 2.47. The van der Waals surface area contributed by atoms with Crippen LogP contribution in [0.4, 0.5) is 29.3 Å². The van der Waals surface area contributed by atoms with Crippen LogP contribution in [-0.2, 0) is 6.18 Å². The second-order valence-corrected chi connectivity index (χ2v) is 5.78. The highest BCUT2D eigenvalue weighted by Crippen LogP contribution is 2.38. The summed E-state index contributed by atoms with van der Waals surface area (Å²) in [5.74, 6) is -0.587. The number of urea groups is 1. The predicted octanol–water partition coefficient (Wildman–Crippen LogP) is 2.66. The van der Waals surface area contributed by atoms with E-state index in [9.17, 15) is 28.1 Å². The van der Waals surface area contributed by atoms with Crippen LogP contribution in [-0.4, -0.2) is 22.5 Å². The Morgan fingerprint density at radius 2 is 1.88 bits per heavy atom. The van der Waals surface area contributed by atoms with Gasteiger partial charge in [-0.2, -0.15) is 13.2 Å². The first kappa shape index (κ1) is 19.2. The minimum Gasteiger partial charge on any atom is -0.369 e. The summed E-state index contributed by atoms with van der Waals surface area (Å²) >= 11 is 0. The molecule has 0 fully saturated rings. The molecule has 0 spiro atoms. The number of carbonyl (C=O) groups is 1. The van der Waals surface area contributed by atoms with Crippen LogP contribution in [0, 0.1) is 10.1 Å². The molecule has 1 aromatic carbocycles. The molecule has 0 aliphatic rings. The van der Waals surface area contributed by atoms with Gasteiger partial charge in [0.15, 0.2) is 0 Å². The molecule has 0 aliphatic heterocycles. The topological polar surface area (TPSA) is 123 Å². The van der Waals surface area contributed by atoms with Gasteiger partial charge in [0.2, 0.25) is 5.96 Å². The minimum atomic E-state index is -4.88. The highest BCUT2D eigenvalue weighted by Gasteiger charge is 2.35. The highest BCUT2D eigenvalue weighted by atomic mass is 19.4. The van der Waals surface area contributed by atoms with Gasteiger partial charge in [0, 0.05) is 17.7 Å². The van der Waals surface area contributed by atoms with E-state index >= 15 is 0 Å². The number of nitrogens with one attached hydrogen (secondary N) is 2. The van der Waals surface area contributed by atoms with Crippen molar-refractivity contribution in [3.05, 3.63) is 33.9 Å². The van der Waals surface area contributed by atoms with Crippen molar-refractivity contribution in [2.24, 2.45) is 10.7 Å². The van der Waals surface area contributed by atoms with Crippen molar-refractivity contribution in [1.29, 1.82) is 0 Å². The molecule has 0 aliphatic carbocycles. The van der Waals surface area contributed by atoms with Crippen molar-refractivity contribution >= 4 is 23.4 Å². The maximum absolute atomic E-state index is 13.0. The van der Waals surface area contributed by atoms with E-state index in [1.54, 1.807) is 20.8 Å². The average molecular weight is 347 g/mol. The number of rotatable bonds is 2. The van der Waals surface area contributed by atoms with Gasteiger partial charge in [0.05, 0.1) is 16.2 Å². The van der Waals surface area contributed by atoms with Gasteiger partial charge < -0.3 is 11.1 Å². The number of carbonyl (C=O) groups excluding carboxylic acids is 1. The lowest BCUT2D eigenvalue weighted by Gasteiger charge is -2.20. The fourth-order valence-electron chi connectivity index (χ4n) is 1.61. The molecule has 4 N–H and O–H groups in total. The van der Waals surface area contributed by atoms with E-state index < -0.39 is 45.6 Å². The number of nitro benzene ring substituents is 1. The van der Waals surface area contributed by atoms with Gasteiger partial charge in [-0.3, -0.25) is 15.4 Å². The molecule has 8 nitrogen and oxygen atoms in total. The first-order valence-electron chi connectivity index (χ1n) is 6.58. The number of nitro groups is 1. The maximum Gasteiger partial charge on any atom is 0.418 e. The Hall–Kier alpha value is -2.85. The molecule has 0 saturated carbocycles. The molecule has 0 heterocycles. The fraction of sp³-hybridized carbons (Fsp3) is 0.385. The van der Waals surface area contributed by atoms with Gasteiger partial charge in [0.25, 0.3) is 5.69 Å². The molecule has 0 unspecified atom stereocenters. The van der Waals surface area contributed by atoms with Crippen LogP contribution in [0.15, 0.2) is 23.2 Å². The van der Waals surface area contributed by atoms with Crippen molar-refractivity contribution < 1.29 is 22.9 Å². The van der Waals surface area contributed by atoms with E-state index in [2.05, 4.69) is 15.6 Å². The summed E-state index contributed by atoms with van der Waals surface area (Å²) in [5.41, 5.74) is 2.10. The average Bonchev–Trinajstić information content (AvgIpc) is 2.34. The predicted molar refractivity (Wildman–Crippen MR) is 80.8 cm³/mol. The first-order valence-corrected chi connectivity index (χ1v) is 6.58. The molecule has 0 radical (unpaired) electrons. The number of non-ortho nitro benzene ring substituents is 1. The lowest BCUT2D eigenvalue weighted by Crippen LogP contribution is -2.50. The summed E-state index contributed by atoms with van der Waals surface area (Å²) in [4.78, 5) is 24.7. The Bertz CT molecular complexity index is 680. The number of aliphatic imine (C=N–C) groups is 1. The van der Waals surface area contributed by atoms with Crippen molar-refractivity contribution in [1.82, 2.24) is 10.6 Å². The third-order valence-electron chi connectivity index (χ3n) is 2.47. The van der Waals surface area contributed by atoms with Gasteiger partial charge in [-0.15, -0.1) is 0 Å². The number of nitrogens with two attached hydrogens (primary N) is 1. The number of amides is 2. The van der Waals surface area contributed by atoms with E-state index in [0.717, 1.165) is 12.1 Å². The number of guanidine groups is 1. The number of halogens is 3. The Morgan fingerprint density at radius 3 is 2.33 bits per heavy atom. The molecule has 0 saturated heterocycles. The van der Waals surface area contributed by atoms with Crippen LogP contribution in [0.25, 0.3) is 0 Å². The summed E-state index contributed by atoms with van der Waals surface area (Å²) in [6.45, 7) is 5.08. The van der Waals surface area contributed by atoms with Crippen molar-refractivity contribution in [3.8, 4) is 0 Å². The Balaban J connectivity index is 3.13. The van der Waals surface area contributed by atoms with Gasteiger partial charge in [-0.05, 0) is 26.8 Å². The minimum absolute atomic E-state index is 0.349. The molecule has 1 rings (SSSR count). The molecule has 0 aromatic heterocycles. The lowest BCUT2D eigenvalue weighted by atomic mass is 10.1. The Labute approximate surface area is 135 Å². The largest absolute Gasteiger partial charge is 0.418 e. The molecule has 1 aromatic rings. The van der Waals surface area contributed by atoms with Crippen molar-refractivity contribution in [3.63, 3.8) is 0 Å². The van der Waals surface area contributed by atoms with Gasteiger partial charge in [-0.25, -0.2) is 9.79 Å². The zero-order valence-electron chi connectivity index (χ0n) is 13.1. The summed E-state index contributed by atoms with van der Waals surface area (Å²) < 4.78 is 39.0. The summed E-state index contributed by atoms with van der Waals surface area (Å²) in [6.07, 6.45) is -4.88. The van der Waals surface area contributed by atoms with Crippen LogP contribution in [0.3, 0.4) is 0 Å². The van der Waals surface area contributed by atoms with Crippen LogP contribution in [0.1, 0.15) is 26.3 Å². The SMILES string of the molecule is CC(C)(C)NC(=O)NC(N)=Nc1ccc([N+](=O)[O-])cc1C(F)(F)F. The van der Waals surface area contributed by atoms with Gasteiger partial charge in [-0.1, -0.05) is 0 Å². The molecular formula is C13H16F3N5O3. The Kier molecular flexibility index (Phi) is 5.38. The number of alkyl halides is 3. The standard InChI is InChI=1S/C13H16F3N5O3/c1-12(2,3)20-11(22)19-10(17)18-9-5-4-7(21(23)24)6-8(9)13(14,15)16/h4-6H,1-3H3,(H4,17,18,19,20,22). The quantitative estimate of drug-likeness (QED) is 0.329. The van der Waals surface area contributed by atoms with Gasteiger partial charge >= 0.3 is 12.2 Å². The third kappa shape index (κ3) is 5.74. The molecule has 0 atom stereocenters. The summed E-state index contributed by atoms with van der Waals surface area (Å²) in [5, 5.41) is 15.2. The lowest BCUT2D eigenvalue weighted by molar-refractivity contribution is -0.385. The molecule has 0 bridgehead atoms. The summed E-state index contributed by atoms with van der Waals surface area (Å²) in [6, 6.07) is 1.26. The molecule has 24 heavy (non-hydrogen) atoms. The smallest absolute Gasteiger partial charge is 0.369 e. The fourth-order valence-corrected chi connectivity index (χ4v) is 1.61. The number of nitrogens with zero attached hydrogens (tertiary/aromatic N) is 2. The molecule has 132 valence electrons. The van der Waals surface area contributed by atoms with Crippen LogP contribution >= 0.6 is 0 Å². The summed E-state index contributed by atoms with van der Waals surface area (Å²) in [7, 11) is 0. The van der Waals surface area contributed by atoms with E-state index in [1.165, 1.54) is 0 Å².